The van der Waals surface area contributed by atoms with E-state index in [0.717, 1.165) is 10.5 Å². The minimum Gasteiger partial charge on any atom is -0.506 e. The zero-order valence-corrected chi connectivity index (χ0v) is 13.0. The van der Waals surface area contributed by atoms with Gasteiger partial charge in [-0.15, -0.1) is 0 Å². The lowest BCUT2D eigenvalue weighted by molar-refractivity contribution is -0.120. The number of para-hydroxylation sites is 2. The summed E-state index contributed by atoms with van der Waals surface area (Å²) in [7, 11) is 0. The Kier molecular flexibility index (Phi) is 3.80. The van der Waals surface area contributed by atoms with Crippen LogP contribution in [0.3, 0.4) is 0 Å². The first kappa shape index (κ1) is 15.1. The highest BCUT2D eigenvalue weighted by Crippen LogP contribution is 2.32. The van der Waals surface area contributed by atoms with Crippen molar-refractivity contribution in [2.24, 2.45) is 0 Å². The first-order valence-electron chi connectivity index (χ1n) is 6.89. The van der Waals surface area contributed by atoms with Crippen molar-refractivity contribution >= 4 is 34.8 Å². The molecule has 0 unspecified atom stereocenters. The topological polar surface area (TPSA) is 69.6 Å². The number of carbonyl (C=O) groups is 2. The predicted molar refractivity (Wildman–Crippen MR) is 88.3 cm³/mol. The van der Waals surface area contributed by atoms with Gasteiger partial charge in [0, 0.05) is 0 Å². The van der Waals surface area contributed by atoms with E-state index < -0.39 is 11.8 Å². The Bertz CT molecular complexity index is 845. The van der Waals surface area contributed by atoms with Crippen molar-refractivity contribution in [3.63, 3.8) is 0 Å². The zero-order chi connectivity index (χ0) is 16.6. The monoisotopic (exact) mass is 328 g/mol. The molecule has 2 aromatic rings. The van der Waals surface area contributed by atoms with Crippen molar-refractivity contribution in [2.75, 3.05) is 10.2 Å². The van der Waals surface area contributed by atoms with E-state index in [1.54, 1.807) is 36.4 Å². The molecule has 2 aromatic carbocycles. The van der Waals surface area contributed by atoms with Crippen molar-refractivity contribution in [2.45, 2.75) is 6.92 Å². The van der Waals surface area contributed by atoms with Crippen LogP contribution in [0.1, 0.15) is 5.56 Å². The van der Waals surface area contributed by atoms with Crippen molar-refractivity contribution < 1.29 is 14.7 Å². The summed E-state index contributed by atoms with van der Waals surface area (Å²) in [6.07, 6.45) is 0. The van der Waals surface area contributed by atoms with Crippen LogP contribution >= 0.6 is 11.6 Å². The van der Waals surface area contributed by atoms with Gasteiger partial charge < -0.3 is 10.4 Å². The van der Waals surface area contributed by atoms with Gasteiger partial charge in [0.05, 0.1) is 11.4 Å². The molecule has 0 saturated heterocycles. The molecule has 1 aliphatic heterocycles. The third kappa shape index (κ3) is 2.66. The molecular formula is C17H13ClN2O3. The highest BCUT2D eigenvalue weighted by Gasteiger charge is 2.39. The molecule has 116 valence electrons. The lowest BCUT2D eigenvalue weighted by atomic mass is 10.2. The van der Waals surface area contributed by atoms with Crippen molar-refractivity contribution in [3.05, 3.63) is 64.8 Å². The molecule has 0 atom stereocenters. The van der Waals surface area contributed by atoms with Gasteiger partial charge in [-0.25, -0.2) is 4.90 Å². The smallest absolute Gasteiger partial charge is 0.283 e. The van der Waals surface area contributed by atoms with Crippen LogP contribution in [0.5, 0.6) is 5.75 Å². The first-order chi connectivity index (χ1) is 11.0. The fourth-order valence-electron chi connectivity index (χ4n) is 2.33. The van der Waals surface area contributed by atoms with Crippen LogP contribution < -0.4 is 10.2 Å². The summed E-state index contributed by atoms with van der Waals surface area (Å²) in [4.78, 5) is 25.9. The molecule has 1 aliphatic rings. The normalized spacial score (nSPS) is 14.6. The lowest BCUT2D eigenvalue weighted by Gasteiger charge is -2.15. The maximum absolute atomic E-state index is 12.6. The van der Waals surface area contributed by atoms with Gasteiger partial charge in [0.2, 0.25) is 0 Å². The lowest BCUT2D eigenvalue weighted by Crippen LogP contribution is -2.32. The van der Waals surface area contributed by atoms with E-state index in [1.807, 2.05) is 13.0 Å². The van der Waals surface area contributed by atoms with E-state index in [-0.39, 0.29) is 16.5 Å². The molecule has 2 amide bonds. The highest BCUT2D eigenvalue weighted by atomic mass is 35.5. The van der Waals surface area contributed by atoms with Gasteiger partial charge in [0.1, 0.15) is 16.5 Å². The Hall–Kier alpha value is -2.79. The summed E-state index contributed by atoms with van der Waals surface area (Å²) >= 11 is 6.03. The molecule has 1 heterocycles. The van der Waals surface area contributed by atoms with E-state index in [9.17, 15) is 14.7 Å². The Balaban J connectivity index is 1.95. The molecule has 23 heavy (non-hydrogen) atoms. The van der Waals surface area contributed by atoms with E-state index in [2.05, 4.69) is 5.32 Å². The number of rotatable bonds is 3. The quantitative estimate of drug-likeness (QED) is 0.671. The summed E-state index contributed by atoms with van der Waals surface area (Å²) in [6, 6.07) is 13.4. The number of nitrogens with zero attached hydrogens (tertiary/aromatic N) is 1. The molecule has 0 bridgehead atoms. The number of amides is 2. The second-order valence-electron chi connectivity index (χ2n) is 5.12. The molecular weight excluding hydrogens is 316 g/mol. The van der Waals surface area contributed by atoms with Crippen LogP contribution in [0.2, 0.25) is 0 Å². The van der Waals surface area contributed by atoms with Crippen LogP contribution in [-0.4, -0.2) is 16.9 Å². The SMILES string of the molecule is Cc1cccc(N2C(=O)C(Cl)=C(Nc3ccccc3O)C2=O)c1. The Labute approximate surface area is 137 Å². The van der Waals surface area contributed by atoms with Gasteiger partial charge >= 0.3 is 0 Å². The molecule has 0 aliphatic carbocycles. The molecule has 5 nitrogen and oxygen atoms in total. The number of phenols is 1. The van der Waals surface area contributed by atoms with Crippen LogP contribution in [0.4, 0.5) is 11.4 Å². The number of aryl methyl sites for hydroxylation is 1. The molecule has 0 radical (unpaired) electrons. The minimum atomic E-state index is -0.597. The Morgan fingerprint density at radius 3 is 2.48 bits per heavy atom. The Morgan fingerprint density at radius 2 is 1.78 bits per heavy atom. The molecule has 0 saturated carbocycles. The predicted octanol–water partition coefficient (Wildman–Crippen LogP) is 3.14. The van der Waals surface area contributed by atoms with E-state index in [4.69, 9.17) is 11.6 Å². The maximum atomic E-state index is 12.6. The van der Waals surface area contributed by atoms with Gasteiger partial charge in [-0.2, -0.15) is 0 Å². The van der Waals surface area contributed by atoms with Crippen LogP contribution in [0, 0.1) is 6.92 Å². The second kappa shape index (κ2) is 5.78. The molecule has 6 heteroatoms. The second-order valence-corrected chi connectivity index (χ2v) is 5.49. The summed E-state index contributed by atoms with van der Waals surface area (Å²) in [6.45, 7) is 1.87. The maximum Gasteiger partial charge on any atom is 0.283 e. The molecule has 0 spiro atoms. The number of imide groups is 1. The fourth-order valence-corrected chi connectivity index (χ4v) is 2.54. The largest absolute Gasteiger partial charge is 0.506 e. The fraction of sp³-hybridized carbons (Fsp3) is 0.0588. The third-order valence-corrected chi connectivity index (χ3v) is 3.80. The number of nitrogens with one attached hydrogen (secondary N) is 1. The summed E-state index contributed by atoms with van der Waals surface area (Å²) in [5.74, 6) is -1.20. The van der Waals surface area contributed by atoms with Gasteiger partial charge in [-0.3, -0.25) is 9.59 Å². The molecule has 0 aromatic heterocycles. The number of benzene rings is 2. The molecule has 3 rings (SSSR count). The van der Waals surface area contributed by atoms with Gasteiger partial charge in [-0.05, 0) is 36.8 Å². The highest BCUT2D eigenvalue weighted by molar-refractivity contribution is 6.53. The number of carbonyl (C=O) groups excluding carboxylic acids is 2. The molecule has 2 N–H and O–H groups in total. The average molecular weight is 329 g/mol. The van der Waals surface area contributed by atoms with Crippen molar-refractivity contribution in [3.8, 4) is 5.75 Å². The van der Waals surface area contributed by atoms with Gasteiger partial charge in [0.15, 0.2) is 0 Å². The third-order valence-electron chi connectivity index (χ3n) is 3.45. The van der Waals surface area contributed by atoms with Crippen LogP contribution in [0.15, 0.2) is 59.3 Å². The number of phenolic OH excluding ortho intramolecular Hbond substituents is 1. The zero-order valence-electron chi connectivity index (χ0n) is 12.2. The average Bonchev–Trinajstić information content (AvgIpc) is 2.73. The van der Waals surface area contributed by atoms with Gasteiger partial charge in [0.25, 0.3) is 11.8 Å². The number of halogens is 1. The summed E-state index contributed by atoms with van der Waals surface area (Å²) in [5, 5.41) is 12.3. The van der Waals surface area contributed by atoms with E-state index in [0.29, 0.717) is 11.4 Å². The van der Waals surface area contributed by atoms with E-state index in [1.165, 1.54) is 6.07 Å². The molecule has 0 fully saturated rings. The van der Waals surface area contributed by atoms with Gasteiger partial charge in [-0.1, -0.05) is 35.9 Å². The van der Waals surface area contributed by atoms with Crippen LogP contribution in [-0.2, 0) is 9.59 Å². The number of anilines is 2. The summed E-state index contributed by atoms with van der Waals surface area (Å²) < 4.78 is 0. The standard InChI is InChI=1S/C17H13ClN2O3/c1-10-5-4-6-11(9-10)20-16(22)14(18)15(17(20)23)19-12-7-2-3-8-13(12)21/h2-9,19,21H,1H3. The first-order valence-corrected chi connectivity index (χ1v) is 7.27. The number of aromatic hydroxyl groups is 1. The van der Waals surface area contributed by atoms with Crippen molar-refractivity contribution in [1.82, 2.24) is 0 Å². The van der Waals surface area contributed by atoms with E-state index >= 15 is 0 Å². The minimum absolute atomic E-state index is 0.0429. The van der Waals surface area contributed by atoms with Crippen molar-refractivity contribution in [1.29, 1.82) is 0 Å². The Morgan fingerprint density at radius 1 is 1.04 bits per heavy atom. The number of hydrogen-bond donors (Lipinski definition) is 2. The number of hydrogen-bond acceptors (Lipinski definition) is 4. The summed E-state index contributed by atoms with van der Waals surface area (Å²) in [5.41, 5.74) is 1.61. The van der Waals surface area contributed by atoms with Crippen LogP contribution in [0.25, 0.3) is 0 Å².